The maximum absolute atomic E-state index is 4.11. The van der Waals surface area contributed by atoms with Crippen LogP contribution in [-0.4, -0.2) is 12.3 Å². The van der Waals surface area contributed by atoms with Crippen LogP contribution >= 0.6 is 0 Å². The quantitative estimate of drug-likeness (QED) is 0.361. The van der Waals surface area contributed by atoms with E-state index in [-0.39, 0.29) is 12.3 Å². The molecule has 4 N–H and O–H groups in total. The van der Waals surface area contributed by atoms with E-state index in [1.165, 1.54) is 128 Å². The summed E-state index contributed by atoms with van der Waals surface area (Å²) in [5.41, 5.74) is 6.46. The standard InChI is InChI=1S/C30H50N4/c1-5-13-21(14-6-1)25-26(22-15-7-2-8-16-22)32-29(31-25)30-33-27(23-17-9-3-10-18-23)28(34-30)24-19-11-4-12-20-24/h21-24,29-34H,1-20H2. The summed E-state index contributed by atoms with van der Waals surface area (Å²) in [5.74, 6) is 3.03. The molecule has 0 spiro atoms. The topological polar surface area (TPSA) is 48.1 Å². The second-order valence-corrected chi connectivity index (χ2v) is 12.5. The van der Waals surface area contributed by atoms with Crippen LogP contribution < -0.4 is 21.3 Å². The summed E-state index contributed by atoms with van der Waals surface area (Å²) in [7, 11) is 0. The average molecular weight is 467 g/mol. The fraction of sp³-hybridized carbons (Fsp3) is 0.867. The van der Waals surface area contributed by atoms with Gasteiger partial charge in [0.05, 0.1) is 0 Å². The summed E-state index contributed by atoms with van der Waals surface area (Å²) < 4.78 is 0. The Balaban J connectivity index is 1.20. The van der Waals surface area contributed by atoms with E-state index in [1.54, 1.807) is 22.8 Å². The minimum absolute atomic E-state index is 0.286. The van der Waals surface area contributed by atoms with Crippen LogP contribution in [-0.2, 0) is 0 Å². The van der Waals surface area contributed by atoms with Crippen molar-refractivity contribution in [2.45, 2.75) is 141 Å². The van der Waals surface area contributed by atoms with Gasteiger partial charge in [0.25, 0.3) is 0 Å². The molecule has 0 aromatic heterocycles. The third kappa shape index (κ3) is 4.85. The normalized spacial score (nSPS) is 29.8. The Kier molecular flexibility index (Phi) is 7.30. The minimum atomic E-state index is 0.286. The molecule has 34 heavy (non-hydrogen) atoms. The molecule has 4 aliphatic carbocycles. The second kappa shape index (κ2) is 10.7. The highest BCUT2D eigenvalue weighted by Crippen LogP contribution is 2.41. The highest BCUT2D eigenvalue weighted by atomic mass is 15.3. The number of hydrogen-bond acceptors (Lipinski definition) is 4. The van der Waals surface area contributed by atoms with Crippen molar-refractivity contribution < 1.29 is 0 Å². The lowest BCUT2D eigenvalue weighted by Crippen LogP contribution is -2.55. The van der Waals surface area contributed by atoms with Gasteiger partial charge in [0, 0.05) is 46.5 Å². The van der Waals surface area contributed by atoms with Gasteiger partial charge in [0.15, 0.2) is 0 Å². The first-order valence-corrected chi connectivity index (χ1v) is 15.4. The Morgan fingerprint density at radius 2 is 0.500 bits per heavy atom. The highest BCUT2D eigenvalue weighted by Gasteiger charge is 2.41. The lowest BCUT2D eigenvalue weighted by molar-refractivity contribution is 0.328. The molecule has 0 unspecified atom stereocenters. The largest absolute Gasteiger partial charge is 0.364 e. The minimum Gasteiger partial charge on any atom is -0.364 e. The van der Waals surface area contributed by atoms with Crippen molar-refractivity contribution in [1.29, 1.82) is 0 Å². The van der Waals surface area contributed by atoms with E-state index < -0.39 is 0 Å². The molecule has 4 fully saturated rings. The maximum Gasteiger partial charge on any atom is 0.136 e. The van der Waals surface area contributed by atoms with Crippen LogP contribution in [0.15, 0.2) is 22.8 Å². The van der Waals surface area contributed by atoms with E-state index in [1.807, 2.05) is 0 Å². The molecule has 0 aromatic rings. The molecule has 0 atom stereocenters. The molecular formula is C30H50N4. The lowest BCUT2D eigenvalue weighted by Gasteiger charge is -2.28. The van der Waals surface area contributed by atoms with Crippen LogP contribution in [0.2, 0.25) is 0 Å². The van der Waals surface area contributed by atoms with Gasteiger partial charge in [-0.15, -0.1) is 0 Å². The van der Waals surface area contributed by atoms with Gasteiger partial charge in [-0.1, -0.05) is 77.0 Å². The molecule has 0 radical (unpaired) electrons. The van der Waals surface area contributed by atoms with Gasteiger partial charge < -0.3 is 21.3 Å². The Labute approximate surface area is 208 Å². The molecule has 0 bridgehead atoms. The van der Waals surface area contributed by atoms with E-state index in [0.717, 1.165) is 23.7 Å². The first-order chi connectivity index (χ1) is 16.9. The van der Waals surface area contributed by atoms with Gasteiger partial charge in [-0.2, -0.15) is 0 Å². The van der Waals surface area contributed by atoms with E-state index >= 15 is 0 Å². The summed E-state index contributed by atoms with van der Waals surface area (Å²) in [6, 6.07) is 0. The molecule has 190 valence electrons. The SMILES string of the molecule is C1CCC(C2=C(C3CCCCC3)NC(C3NC(C4CCCCC4)=C(C4CCCCC4)N3)N2)CC1. The van der Waals surface area contributed by atoms with Crippen LogP contribution in [0.25, 0.3) is 0 Å². The summed E-state index contributed by atoms with van der Waals surface area (Å²) in [4.78, 5) is 0. The average Bonchev–Trinajstić information content (AvgIpc) is 3.56. The smallest absolute Gasteiger partial charge is 0.136 e. The molecule has 0 aromatic carbocycles. The van der Waals surface area contributed by atoms with Crippen molar-refractivity contribution in [3.63, 3.8) is 0 Å². The third-order valence-corrected chi connectivity index (χ3v) is 10.2. The number of hydrogen-bond donors (Lipinski definition) is 4. The van der Waals surface area contributed by atoms with Gasteiger partial charge in [0.1, 0.15) is 12.3 Å². The Morgan fingerprint density at radius 1 is 0.294 bits per heavy atom. The van der Waals surface area contributed by atoms with Crippen molar-refractivity contribution >= 4 is 0 Å². The molecular weight excluding hydrogens is 416 g/mol. The molecule has 4 nitrogen and oxygen atoms in total. The monoisotopic (exact) mass is 466 g/mol. The predicted molar refractivity (Wildman–Crippen MR) is 140 cm³/mol. The fourth-order valence-corrected chi connectivity index (χ4v) is 8.30. The van der Waals surface area contributed by atoms with Crippen molar-refractivity contribution in [2.24, 2.45) is 23.7 Å². The number of allylic oxidation sites excluding steroid dienone is 4. The van der Waals surface area contributed by atoms with E-state index in [4.69, 9.17) is 0 Å². The molecule has 4 saturated carbocycles. The third-order valence-electron chi connectivity index (χ3n) is 10.2. The van der Waals surface area contributed by atoms with Crippen LogP contribution in [0.3, 0.4) is 0 Å². The summed E-state index contributed by atoms with van der Waals surface area (Å²) >= 11 is 0. The zero-order chi connectivity index (χ0) is 22.7. The molecule has 2 aliphatic heterocycles. The zero-order valence-electron chi connectivity index (χ0n) is 21.6. The first kappa shape index (κ1) is 23.1. The van der Waals surface area contributed by atoms with Crippen LogP contribution in [0.5, 0.6) is 0 Å². The Bertz CT molecular complexity index is 622. The van der Waals surface area contributed by atoms with Crippen molar-refractivity contribution in [1.82, 2.24) is 21.3 Å². The van der Waals surface area contributed by atoms with Crippen LogP contribution in [0.1, 0.15) is 128 Å². The van der Waals surface area contributed by atoms with Gasteiger partial charge >= 0.3 is 0 Å². The molecule has 0 amide bonds. The lowest BCUT2D eigenvalue weighted by atomic mass is 9.81. The Morgan fingerprint density at radius 3 is 0.706 bits per heavy atom. The van der Waals surface area contributed by atoms with E-state index in [2.05, 4.69) is 21.3 Å². The highest BCUT2D eigenvalue weighted by molar-refractivity contribution is 5.30. The van der Waals surface area contributed by atoms with Crippen molar-refractivity contribution in [3.05, 3.63) is 22.8 Å². The summed E-state index contributed by atoms with van der Waals surface area (Å²) in [5, 5.41) is 16.5. The van der Waals surface area contributed by atoms with Gasteiger partial charge in [-0.05, 0) is 51.4 Å². The van der Waals surface area contributed by atoms with Crippen LogP contribution in [0, 0.1) is 23.7 Å². The molecule has 0 saturated heterocycles. The van der Waals surface area contributed by atoms with E-state index in [9.17, 15) is 0 Å². The van der Waals surface area contributed by atoms with Gasteiger partial charge in [-0.3, -0.25) is 0 Å². The second-order valence-electron chi connectivity index (χ2n) is 12.5. The number of rotatable bonds is 5. The van der Waals surface area contributed by atoms with Crippen molar-refractivity contribution in [2.75, 3.05) is 0 Å². The molecule has 6 rings (SSSR count). The maximum atomic E-state index is 4.11. The van der Waals surface area contributed by atoms with Gasteiger partial charge in [0.2, 0.25) is 0 Å². The summed E-state index contributed by atoms with van der Waals surface area (Å²) in [6.45, 7) is 0. The predicted octanol–water partition coefficient (Wildman–Crippen LogP) is 6.77. The van der Waals surface area contributed by atoms with Crippen molar-refractivity contribution in [3.8, 4) is 0 Å². The molecule has 4 heteroatoms. The first-order valence-electron chi connectivity index (χ1n) is 15.4. The number of nitrogens with one attached hydrogen (secondary N) is 4. The van der Waals surface area contributed by atoms with Crippen LogP contribution in [0.4, 0.5) is 0 Å². The fourth-order valence-electron chi connectivity index (χ4n) is 8.30. The Hall–Kier alpha value is -1.32. The van der Waals surface area contributed by atoms with Gasteiger partial charge in [-0.25, -0.2) is 0 Å². The molecule has 2 heterocycles. The zero-order valence-corrected chi connectivity index (χ0v) is 21.6. The molecule has 6 aliphatic rings. The van der Waals surface area contributed by atoms with E-state index in [0.29, 0.717) is 0 Å². The summed E-state index contributed by atoms with van der Waals surface area (Å²) in [6.07, 6.45) is 28.7.